The molecule has 0 saturated carbocycles. The van der Waals surface area contributed by atoms with Crippen molar-refractivity contribution in [1.82, 2.24) is 0 Å². The third-order valence-electron chi connectivity index (χ3n) is 13.6. The molecule has 0 saturated heterocycles. The number of para-hydroxylation sites is 6. The van der Waals surface area contributed by atoms with Crippen LogP contribution in [0.4, 0.5) is 17.1 Å². The van der Waals surface area contributed by atoms with Crippen LogP contribution in [-0.2, 0) is 0 Å². The number of nitrogens with zero attached hydrogens (tertiary/aromatic N) is 1. The van der Waals surface area contributed by atoms with Crippen molar-refractivity contribution in [3.8, 4) is 17.2 Å². The van der Waals surface area contributed by atoms with Crippen molar-refractivity contribution in [3.05, 3.63) is 72.8 Å². The van der Waals surface area contributed by atoms with Gasteiger partial charge in [0.2, 0.25) is 0 Å². The predicted molar refractivity (Wildman–Crippen MR) is 252 cm³/mol. The van der Waals surface area contributed by atoms with Crippen LogP contribution in [0, 0.1) is 0 Å². The van der Waals surface area contributed by atoms with Crippen molar-refractivity contribution in [3.63, 3.8) is 0 Å². The minimum absolute atomic E-state index is 0.940. The van der Waals surface area contributed by atoms with Crippen molar-refractivity contribution in [1.29, 1.82) is 0 Å². The summed E-state index contributed by atoms with van der Waals surface area (Å²) in [6.07, 6.45) is -4.51. The molecule has 0 spiro atoms. The van der Waals surface area contributed by atoms with E-state index in [0.29, 0.717) is 0 Å². The molecule has 3 aliphatic heterocycles. The SMILES string of the molecule is C[Si](C)(C)[Si]([Si](C)(C)C)([Si](C)(C)C)[Si](C)(C)[Si](C)(C)[Si]([Si](C)(C)C)([Si](C)(C)C)[Si]12Oc3ccccc3N(c3ccccc3O1)c1ccccc1O2. The quantitative estimate of drug-likeness (QED) is 0.201. The summed E-state index contributed by atoms with van der Waals surface area (Å²) >= 11 is 0. The van der Waals surface area contributed by atoms with Crippen molar-refractivity contribution in [2.75, 3.05) is 4.90 Å². The average Bonchev–Trinajstić information content (AvgIpc) is 2.89. The van der Waals surface area contributed by atoms with Crippen LogP contribution in [0.1, 0.15) is 0 Å². The second kappa shape index (κ2) is 12.5. The van der Waals surface area contributed by atoms with Gasteiger partial charge < -0.3 is 18.2 Å². The van der Waals surface area contributed by atoms with Crippen molar-refractivity contribution < 1.29 is 13.3 Å². The maximum Gasteiger partial charge on any atom is 0.648 e. The highest BCUT2D eigenvalue weighted by Gasteiger charge is 2.89. The Kier molecular flexibility index (Phi) is 10.1. The molecule has 2 bridgehead atoms. The van der Waals surface area contributed by atoms with Crippen molar-refractivity contribution >= 4 is 89.8 Å². The molecular weight excluding hydrogens is 787 g/mol. The van der Waals surface area contributed by atoms with E-state index in [0.717, 1.165) is 34.3 Å². The first-order chi connectivity index (χ1) is 23.0. The van der Waals surface area contributed by atoms with Gasteiger partial charge in [-0.15, -0.1) is 0 Å². The van der Waals surface area contributed by atoms with Gasteiger partial charge >= 0.3 is 8.32 Å². The lowest BCUT2D eigenvalue weighted by Crippen LogP contribution is -3.07. The summed E-state index contributed by atoms with van der Waals surface area (Å²) in [5.41, 5.74) is 3.29. The smallest absolute Gasteiger partial charge is 0.485 e. The molecule has 0 atom stereocenters. The summed E-state index contributed by atoms with van der Waals surface area (Å²) in [5, 5.41) is 0. The minimum atomic E-state index is -3.63. The lowest BCUT2D eigenvalue weighted by atomic mass is 10.1. The monoisotopic (exact) mass is 855 g/mol. The fourth-order valence-electron chi connectivity index (χ4n) is 14.7. The Balaban J connectivity index is 2.08. The van der Waals surface area contributed by atoms with E-state index < -0.39 is 72.8 Å². The Morgan fingerprint density at radius 2 is 0.647 bits per heavy atom. The van der Waals surface area contributed by atoms with Gasteiger partial charge in [0.05, 0.1) is 17.1 Å². The van der Waals surface area contributed by atoms with Gasteiger partial charge in [-0.05, 0) is 36.4 Å². The first-order valence-corrected chi connectivity index (χ1v) is 57.4. The van der Waals surface area contributed by atoms with Crippen LogP contribution in [0.2, 0.25) is 124 Å². The van der Waals surface area contributed by atoms with Gasteiger partial charge in [0, 0.05) is 58.3 Å². The highest BCUT2D eigenvalue weighted by molar-refractivity contribution is 8.23. The molecule has 0 N–H and O–H groups in total. The van der Waals surface area contributed by atoms with Crippen LogP contribution in [0.15, 0.2) is 72.8 Å². The zero-order valence-electron chi connectivity index (χ0n) is 35.6. The maximum absolute atomic E-state index is 8.07. The average molecular weight is 857 g/mol. The lowest BCUT2D eigenvalue weighted by molar-refractivity contribution is 0.285. The Bertz CT molecular complexity index is 1630. The highest BCUT2D eigenvalue weighted by atomic mass is 30.4. The third kappa shape index (κ3) is 5.53. The standard InChI is InChI=1S/C37H69NO3Si10/c1-42(2,3)50(43(4,5)6,44(7,8)9)47(16,17)48(18,19)51(45(10,11)12,46(13,14)15)49-39-35-29-23-20-26-32(35)38(33-27-21-24-30-36(33)40-49)34-28-22-25-31-37(34)41-49/h20-31H,1-19H3. The minimum Gasteiger partial charge on any atom is -0.485 e. The van der Waals surface area contributed by atoms with Gasteiger partial charge in [0.15, 0.2) is 6.14 Å². The molecule has 4 nitrogen and oxygen atoms in total. The summed E-state index contributed by atoms with van der Waals surface area (Å²) < 4.78 is 24.2. The van der Waals surface area contributed by atoms with Crippen LogP contribution < -0.4 is 18.2 Å². The molecule has 51 heavy (non-hydrogen) atoms. The second-order valence-electron chi connectivity index (χ2n) is 21.6. The number of rotatable bonds is 9. The Morgan fingerprint density at radius 3 is 0.902 bits per heavy atom. The largest absolute Gasteiger partial charge is 0.648 e. The molecule has 280 valence electrons. The van der Waals surface area contributed by atoms with Gasteiger partial charge in [0.1, 0.15) is 17.2 Å². The summed E-state index contributed by atoms with van der Waals surface area (Å²) in [4.78, 5) is 2.32. The second-order valence-corrected chi connectivity index (χ2v) is 134. The first-order valence-electron chi connectivity index (χ1n) is 19.1. The van der Waals surface area contributed by atoms with Gasteiger partial charge in [-0.25, -0.2) is 0 Å². The van der Waals surface area contributed by atoms with Crippen LogP contribution in [0.3, 0.4) is 0 Å². The molecule has 14 heteroatoms. The highest BCUT2D eigenvalue weighted by Crippen LogP contribution is 2.58. The molecule has 0 aromatic heterocycles. The number of benzene rings is 3. The van der Waals surface area contributed by atoms with E-state index in [9.17, 15) is 0 Å². The third-order valence-corrected chi connectivity index (χ3v) is 269. The zero-order chi connectivity index (χ0) is 38.6. The zero-order valence-corrected chi connectivity index (χ0v) is 45.6. The molecule has 0 radical (unpaired) electrons. The molecule has 0 amide bonds. The van der Waals surface area contributed by atoms with E-state index in [4.69, 9.17) is 13.3 Å². The molecule has 0 aliphatic carbocycles. The summed E-state index contributed by atoms with van der Waals surface area (Å²) in [6.45, 7) is 54.0. The summed E-state index contributed by atoms with van der Waals surface area (Å²) in [7, 11) is -17.1. The molecular formula is C37H69NO3Si10. The Labute approximate surface area is 320 Å². The lowest BCUT2D eigenvalue weighted by Gasteiger charge is -2.73. The van der Waals surface area contributed by atoms with E-state index >= 15 is 0 Å². The van der Waals surface area contributed by atoms with Crippen LogP contribution >= 0.6 is 0 Å². The maximum atomic E-state index is 8.07. The summed E-state index contributed by atoms with van der Waals surface area (Å²) in [5.74, 6) is 2.82. The fourth-order valence-corrected chi connectivity index (χ4v) is 456. The van der Waals surface area contributed by atoms with Gasteiger partial charge in [0.25, 0.3) is 0 Å². The fraction of sp³-hybridized carbons (Fsp3) is 0.514. The Hall–Kier alpha value is -0.971. The van der Waals surface area contributed by atoms with Crippen molar-refractivity contribution in [2.45, 2.75) is 124 Å². The van der Waals surface area contributed by atoms with Crippen LogP contribution in [0.5, 0.6) is 17.2 Å². The topological polar surface area (TPSA) is 30.9 Å². The van der Waals surface area contributed by atoms with Crippen molar-refractivity contribution in [2.24, 2.45) is 0 Å². The number of hydrogen-bond acceptors (Lipinski definition) is 4. The van der Waals surface area contributed by atoms with E-state index in [1.54, 1.807) is 0 Å². The molecule has 0 unspecified atom stereocenters. The van der Waals surface area contributed by atoms with Gasteiger partial charge in [-0.2, -0.15) is 0 Å². The van der Waals surface area contributed by atoms with Crippen LogP contribution in [0.25, 0.3) is 0 Å². The molecule has 3 aromatic rings. The molecule has 3 heterocycles. The molecule has 0 fully saturated rings. The van der Waals surface area contributed by atoms with E-state index in [1.807, 2.05) is 0 Å². The van der Waals surface area contributed by atoms with Gasteiger partial charge in [-0.3, -0.25) is 0 Å². The van der Waals surface area contributed by atoms with E-state index in [-0.39, 0.29) is 0 Å². The predicted octanol–water partition coefficient (Wildman–Crippen LogP) is 12.0. The number of anilines is 3. The summed E-state index contributed by atoms with van der Waals surface area (Å²) in [6, 6.07) is 26.4. The van der Waals surface area contributed by atoms with Crippen LogP contribution in [-0.4, -0.2) is 72.8 Å². The number of hydrogen-bond donors (Lipinski definition) is 0. The van der Waals surface area contributed by atoms with Gasteiger partial charge in [-0.1, -0.05) is 161 Å². The molecule has 3 aliphatic rings. The Morgan fingerprint density at radius 1 is 0.373 bits per heavy atom. The molecule has 3 aromatic carbocycles. The van der Waals surface area contributed by atoms with E-state index in [2.05, 4.69) is 202 Å². The first kappa shape index (κ1) is 41.2. The molecule has 6 rings (SSSR count). The normalized spacial score (nSPS) is 17.1. The van der Waals surface area contributed by atoms with E-state index in [1.165, 1.54) is 0 Å².